The zero-order valence-corrected chi connectivity index (χ0v) is 23.2. The third-order valence-corrected chi connectivity index (χ3v) is 7.33. The molecule has 0 aliphatic rings. The van der Waals surface area contributed by atoms with Crippen LogP contribution in [0.2, 0.25) is 5.02 Å². The van der Waals surface area contributed by atoms with Gasteiger partial charge in [0.2, 0.25) is 21.8 Å². The minimum absolute atomic E-state index is 0.108. The predicted molar refractivity (Wildman–Crippen MR) is 147 cm³/mol. The molecule has 198 valence electrons. The van der Waals surface area contributed by atoms with Gasteiger partial charge in [-0.05, 0) is 49.9 Å². The molecule has 0 unspecified atom stereocenters. The minimum atomic E-state index is -3.57. The molecule has 0 fully saturated rings. The summed E-state index contributed by atoms with van der Waals surface area (Å²) < 4.78 is 26.1. The lowest BCUT2D eigenvalue weighted by atomic mass is 10.1. The van der Waals surface area contributed by atoms with Crippen LogP contribution in [0.3, 0.4) is 0 Å². The summed E-state index contributed by atoms with van der Waals surface area (Å²) in [5.41, 5.74) is 2.47. The number of sulfonamides is 1. The lowest BCUT2D eigenvalue weighted by molar-refractivity contribution is -0.141. The maximum Gasteiger partial charge on any atom is 0.242 e. The fourth-order valence-corrected chi connectivity index (χ4v) is 5.21. The Morgan fingerprint density at radius 3 is 2.39 bits per heavy atom. The minimum Gasteiger partial charge on any atom is -0.354 e. The number of halogens is 1. The van der Waals surface area contributed by atoms with Crippen LogP contribution in [0.4, 0.5) is 5.69 Å². The van der Waals surface area contributed by atoms with Gasteiger partial charge < -0.3 is 10.2 Å². The number of carbonyl (C=O) groups excluding carboxylic acids is 2. The maximum absolute atomic E-state index is 13.4. The molecule has 0 bridgehead atoms. The molecule has 2 aromatic carbocycles. The number of hydrogen-bond acceptors (Lipinski definition) is 4. The first-order valence-corrected chi connectivity index (χ1v) is 14.7. The van der Waals surface area contributed by atoms with Crippen LogP contribution in [-0.4, -0.2) is 50.5 Å². The second-order valence-electron chi connectivity index (χ2n) is 9.00. The number of nitrogens with zero attached hydrogens (tertiary/aromatic N) is 2. The van der Waals surface area contributed by atoms with Gasteiger partial charge in [-0.2, -0.15) is 0 Å². The molecule has 0 aliphatic carbocycles. The summed E-state index contributed by atoms with van der Waals surface area (Å²) in [4.78, 5) is 28.0. The van der Waals surface area contributed by atoms with Crippen molar-refractivity contribution in [2.24, 2.45) is 0 Å². The fourth-order valence-electron chi connectivity index (χ4n) is 4.07. The van der Waals surface area contributed by atoms with Gasteiger partial charge in [0.15, 0.2) is 0 Å². The molecule has 0 aliphatic heterocycles. The highest BCUT2D eigenvalue weighted by molar-refractivity contribution is 7.92. The molecule has 2 rings (SSSR count). The molecule has 0 radical (unpaired) electrons. The highest BCUT2D eigenvalue weighted by Gasteiger charge is 2.28. The predicted octanol–water partition coefficient (Wildman–Crippen LogP) is 4.92. The molecule has 0 aromatic heterocycles. The van der Waals surface area contributed by atoms with E-state index in [1.165, 1.54) is 4.31 Å². The van der Waals surface area contributed by atoms with E-state index in [9.17, 15) is 18.0 Å². The third-order valence-electron chi connectivity index (χ3n) is 5.90. The van der Waals surface area contributed by atoms with Crippen LogP contribution in [0, 0.1) is 6.92 Å². The van der Waals surface area contributed by atoms with Crippen LogP contribution >= 0.6 is 11.6 Å². The Morgan fingerprint density at radius 2 is 1.78 bits per heavy atom. The molecule has 36 heavy (non-hydrogen) atoms. The Labute approximate surface area is 220 Å². The molecular formula is C27H38ClN3O4S. The summed E-state index contributed by atoms with van der Waals surface area (Å²) in [6.45, 7) is 6.94. The first-order valence-electron chi connectivity index (χ1n) is 12.4. The van der Waals surface area contributed by atoms with Gasteiger partial charge in [-0.3, -0.25) is 13.9 Å². The smallest absolute Gasteiger partial charge is 0.242 e. The van der Waals surface area contributed by atoms with Crippen molar-refractivity contribution in [3.63, 3.8) is 0 Å². The van der Waals surface area contributed by atoms with Crippen molar-refractivity contribution in [3.8, 4) is 0 Å². The van der Waals surface area contributed by atoms with Crippen molar-refractivity contribution in [2.45, 2.75) is 65.5 Å². The lowest BCUT2D eigenvalue weighted by Gasteiger charge is -2.31. The van der Waals surface area contributed by atoms with Gasteiger partial charge in [0.25, 0.3) is 0 Å². The highest BCUT2D eigenvalue weighted by Crippen LogP contribution is 2.23. The molecule has 0 heterocycles. The van der Waals surface area contributed by atoms with Gasteiger partial charge in [0, 0.05) is 31.1 Å². The fraction of sp³-hybridized carbons (Fsp3) is 0.481. The number of benzene rings is 2. The monoisotopic (exact) mass is 535 g/mol. The van der Waals surface area contributed by atoms with Crippen molar-refractivity contribution < 1.29 is 18.0 Å². The molecule has 1 atom stereocenters. The second-order valence-corrected chi connectivity index (χ2v) is 11.3. The molecule has 9 heteroatoms. The van der Waals surface area contributed by atoms with E-state index in [1.54, 1.807) is 29.2 Å². The van der Waals surface area contributed by atoms with E-state index < -0.39 is 16.1 Å². The molecule has 0 saturated carbocycles. The number of nitrogens with one attached hydrogen (secondary N) is 1. The van der Waals surface area contributed by atoms with Crippen molar-refractivity contribution in [2.75, 3.05) is 23.7 Å². The first-order chi connectivity index (χ1) is 17.1. The highest BCUT2D eigenvalue weighted by atomic mass is 35.5. The first kappa shape index (κ1) is 29.6. The van der Waals surface area contributed by atoms with E-state index in [2.05, 4.69) is 12.2 Å². The quantitative estimate of drug-likeness (QED) is 0.348. The summed E-state index contributed by atoms with van der Waals surface area (Å²) >= 11 is 6.06. The second kappa shape index (κ2) is 14.2. The van der Waals surface area contributed by atoms with Crippen molar-refractivity contribution in [1.82, 2.24) is 10.2 Å². The van der Waals surface area contributed by atoms with E-state index in [1.807, 2.05) is 38.1 Å². The van der Waals surface area contributed by atoms with Crippen molar-refractivity contribution in [1.29, 1.82) is 0 Å². The van der Waals surface area contributed by atoms with E-state index in [0.717, 1.165) is 30.2 Å². The molecule has 2 aromatic rings. The van der Waals surface area contributed by atoms with E-state index in [4.69, 9.17) is 11.6 Å². The molecule has 7 nitrogen and oxygen atoms in total. The van der Waals surface area contributed by atoms with Gasteiger partial charge in [-0.1, -0.05) is 67.8 Å². The molecule has 0 spiro atoms. The van der Waals surface area contributed by atoms with Gasteiger partial charge in [-0.25, -0.2) is 8.42 Å². The zero-order valence-electron chi connectivity index (χ0n) is 21.7. The van der Waals surface area contributed by atoms with Crippen LogP contribution in [0.5, 0.6) is 0 Å². The van der Waals surface area contributed by atoms with Crippen LogP contribution in [-0.2, 0) is 26.2 Å². The zero-order chi connectivity index (χ0) is 26.7. The van der Waals surface area contributed by atoms with Crippen LogP contribution < -0.4 is 9.62 Å². The van der Waals surface area contributed by atoms with E-state index in [-0.39, 0.29) is 24.8 Å². The van der Waals surface area contributed by atoms with Crippen LogP contribution in [0.15, 0.2) is 48.5 Å². The number of hydrogen-bond donors (Lipinski definition) is 1. The molecular weight excluding hydrogens is 498 g/mol. The largest absolute Gasteiger partial charge is 0.354 e. The number of rotatable bonds is 14. The van der Waals surface area contributed by atoms with Gasteiger partial charge in [0.05, 0.1) is 11.9 Å². The summed E-state index contributed by atoms with van der Waals surface area (Å²) in [6.07, 6.45) is 3.86. The number of unbranched alkanes of at least 4 members (excludes halogenated alkanes) is 1. The molecule has 0 saturated heterocycles. The number of amides is 2. The topological polar surface area (TPSA) is 86.8 Å². The lowest BCUT2D eigenvalue weighted by Crippen LogP contribution is -2.49. The Balaban J connectivity index is 2.20. The Kier molecular flexibility index (Phi) is 11.7. The van der Waals surface area contributed by atoms with E-state index in [0.29, 0.717) is 36.6 Å². The molecule has 2 amide bonds. The summed E-state index contributed by atoms with van der Waals surface area (Å²) in [6, 6.07) is 13.9. The average Bonchev–Trinajstić information content (AvgIpc) is 2.81. The maximum atomic E-state index is 13.4. The third kappa shape index (κ3) is 9.13. The summed E-state index contributed by atoms with van der Waals surface area (Å²) in [5.74, 6) is -0.350. The van der Waals surface area contributed by atoms with Crippen LogP contribution in [0.25, 0.3) is 0 Å². The van der Waals surface area contributed by atoms with Gasteiger partial charge in [0.1, 0.15) is 6.04 Å². The number of carbonyl (C=O) groups is 2. The Bertz CT molecular complexity index is 1120. The van der Waals surface area contributed by atoms with Crippen LogP contribution in [0.1, 0.15) is 57.1 Å². The van der Waals surface area contributed by atoms with Gasteiger partial charge >= 0.3 is 0 Å². The summed E-state index contributed by atoms with van der Waals surface area (Å²) in [5, 5.41) is 3.39. The summed E-state index contributed by atoms with van der Waals surface area (Å²) in [7, 11) is -3.57. The average molecular weight is 536 g/mol. The normalized spacial score (nSPS) is 12.1. The van der Waals surface area contributed by atoms with Crippen molar-refractivity contribution in [3.05, 3.63) is 64.7 Å². The Hall–Kier alpha value is -2.58. The Morgan fingerprint density at radius 1 is 1.06 bits per heavy atom. The molecule has 1 N–H and O–H groups in total. The van der Waals surface area contributed by atoms with Crippen molar-refractivity contribution >= 4 is 39.1 Å². The number of anilines is 1. The van der Waals surface area contributed by atoms with E-state index >= 15 is 0 Å². The standard InChI is InChI=1S/C27H38ClN3O4S/c1-5-7-16-29-27(33)25(6-2)30(20-22-12-8-11-21(3)18-22)26(32)15-10-17-31(36(4,34)35)24-14-9-13-23(28)19-24/h8-9,11-14,18-19,25H,5-7,10,15-17,20H2,1-4H3,(H,29,33)/t25-/m0/s1. The van der Waals surface area contributed by atoms with Gasteiger partial charge in [-0.15, -0.1) is 0 Å². The SMILES string of the molecule is CCCCNC(=O)[C@H](CC)N(Cc1cccc(C)c1)C(=O)CCCN(c1cccc(Cl)c1)S(C)(=O)=O. The number of aryl methyl sites for hydroxylation is 1.